The Kier molecular flexibility index (Phi) is 8.22. The first-order valence-corrected chi connectivity index (χ1v) is 12.5. The van der Waals surface area contributed by atoms with Crippen molar-refractivity contribution in [3.05, 3.63) is 64.1 Å². The van der Waals surface area contributed by atoms with Crippen molar-refractivity contribution in [3.63, 3.8) is 0 Å². The number of nitrogen functional groups attached to an aromatic ring is 2. The van der Waals surface area contributed by atoms with Gasteiger partial charge in [-0.3, -0.25) is 10.6 Å². The summed E-state index contributed by atoms with van der Waals surface area (Å²) in [5, 5.41) is 8.08. The van der Waals surface area contributed by atoms with Gasteiger partial charge < -0.3 is 31.4 Å². The Balaban J connectivity index is 1.24. The first-order valence-electron chi connectivity index (χ1n) is 11.6. The minimum atomic E-state index is -4.75. The molecular formula is C24H26F3N7O3S. The number of amides is 3. The number of ether oxygens (including phenoxy) is 1. The van der Waals surface area contributed by atoms with E-state index in [2.05, 4.69) is 25.8 Å². The second-order valence-corrected chi connectivity index (χ2v) is 9.47. The van der Waals surface area contributed by atoms with Crippen LogP contribution in [-0.4, -0.2) is 41.3 Å². The molecule has 38 heavy (non-hydrogen) atoms. The zero-order chi connectivity index (χ0) is 27.3. The largest absolute Gasteiger partial charge is 0.573 e. The van der Waals surface area contributed by atoms with Crippen LogP contribution in [0, 0.1) is 0 Å². The molecule has 4 rings (SSSR count). The number of rotatable bonds is 7. The summed E-state index contributed by atoms with van der Waals surface area (Å²) in [7, 11) is 0. The highest BCUT2D eigenvalue weighted by atomic mass is 32.1. The normalized spacial score (nSPS) is 14.2. The number of thiazole rings is 1. The summed E-state index contributed by atoms with van der Waals surface area (Å²) in [4.78, 5) is 31.4. The molecule has 0 unspecified atom stereocenters. The van der Waals surface area contributed by atoms with Gasteiger partial charge in [0.2, 0.25) is 0 Å². The van der Waals surface area contributed by atoms with Gasteiger partial charge in [-0.05, 0) is 48.7 Å². The molecule has 1 aromatic heterocycles. The van der Waals surface area contributed by atoms with Gasteiger partial charge in [-0.2, -0.15) is 0 Å². The van der Waals surface area contributed by atoms with E-state index >= 15 is 0 Å². The quantitative estimate of drug-likeness (QED) is 0.168. The Hall–Kier alpha value is -4.04. The molecule has 202 valence electrons. The van der Waals surface area contributed by atoms with E-state index in [0.717, 1.165) is 5.01 Å². The predicted molar refractivity (Wildman–Crippen MR) is 138 cm³/mol. The van der Waals surface area contributed by atoms with Crippen LogP contribution in [0.4, 0.5) is 35.0 Å². The minimum Gasteiger partial charge on any atom is -0.406 e. The third kappa shape index (κ3) is 7.04. The first kappa shape index (κ1) is 27.0. The number of hydrazine groups is 1. The van der Waals surface area contributed by atoms with E-state index in [1.807, 2.05) is 0 Å². The molecule has 0 radical (unpaired) electrons. The molecule has 1 aliphatic heterocycles. The number of likely N-dealkylation sites (tertiary alicyclic amines) is 1. The SMILES string of the molecule is NNc1ccc(NC(=O)c2csc(C3CCN(C(=O)NCc4ccc(OC(F)(F)F)cc4)CC3)n2)cc1N. The molecule has 0 aliphatic carbocycles. The average Bonchev–Trinajstić information content (AvgIpc) is 3.38. The summed E-state index contributed by atoms with van der Waals surface area (Å²) in [6.07, 6.45) is -3.37. The van der Waals surface area contributed by atoms with Gasteiger partial charge in [-0.25, -0.2) is 9.78 Å². The van der Waals surface area contributed by atoms with Gasteiger partial charge in [0, 0.05) is 36.6 Å². The molecule has 0 atom stereocenters. The number of piperidine rings is 1. The van der Waals surface area contributed by atoms with Crippen molar-refractivity contribution in [3.8, 4) is 5.75 Å². The van der Waals surface area contributed by atoms with Crippen LogP contribution < -0.4 is 32.4 Å². The Labute approximate surface area is 220 Å². The molecule has 7 N–H and O–H groups in total. The number of hydrogen-bond acceptors (Lipinski definition) is 8. The van der Waals surface area contributed by atoms with Crippen molar-refractivity contribution in [1.82, 2.24) is 15.2 Å². The van der Waals surface area contributed by atoms with E-state index in [1.165, 1.54) is 35.6 Å². The number of alkyl halides is 3. The molecule has 0 saturated carbocycles. The van der Waals surface area contributed by atoms with Gasteiger partial charge in [0.1, 0.15) is 11.4 Å². The number of carbonyl (C=O) groups is 2. The van der Waals surface area contributed by atoms with Crippen molar-refractivity contribution < 1.29 is 27.5 Å². The Bertz CT molecular complexity index is 1280. The number of carbonyl (C=O) groups excluding carboxylic acids is 2. The van der Waals surface area contributed by atoms with E-state index in [-0.39, 0.29) is 30.2 Å². The fraction of sp³-hybridized carbons (Fsp3) is 0.292. The van der Waals surface area contributed by atoms with Crippen LogP contribution >= 0.6 is 11.3 Å². The number of urea groups is 1. The van der Waals surface area contributed by atoms with Crippen LogP contribution in [0.2, 0.25) is 0 Å². The molecule has 0 spiro atoms. The minimum absolute atomic E-state index is 0.123. The fourth-order valence-electron chi connectivity index (χ4n) is 3.97. The average molecular weight is 550 g/mol. The fourth-order valence-corrected chi connectivity index (χ4v) is 4.95. The highest BCUT2D eigenvalue weighted by Crippen LogP contribution is 2.31. The van der Waals surface area contributed by atoms with Gasteiger partial charge in [0.25, 0.3) is 5.91 Å². The maximum atomic E-state index is 12.6. The first-order chi connectivity index (χ1) is 18.1. The summed E-state index contributed by atoms with van der Waals surface area (Å²) in [5.74, 6) is 4.82. The van der Waals surface area contributed by atoms with Crippen molar-refractivity contribution >= 4 is 40.3 Å². The van der Waals surface area contributed by atoms with Crippen LogP contribution in [0.1, 0.15) is 39.8 Å². The topological polar surface area (TPSA) is 148 Å². The zero-order valence-corrected chi connectivity index (χ0v) is 20.9. The van der Waals surface area contributed by atoms with Crippen molar-refractivity contribution in [1.29, 1.82) is 0 Å². The molecular weight excluding hydrogens is 523 g/mol. The number of benzene rings is 2. The van der Waals surface area contributed by atoms with E-state index in [4.69, 9.17) is 11.6 Å². The van der Waals surface area contributed by atoms with E-state index in [1.54, 1.807) is 28.5 Å². The molecule has 0 bridgehead atoms. The number of hydrogen-bond donors (Lipinski definition) is 5. The van der Waals surface area contributed by atoms with Crippen LogP contribution in [0.3, 0.4) is 0 Å². The molecule has 2 heterocycles. The summed E-state index contributed by atoms with van der Waals surface area (Å²) < 4.78 is 40.7. The highest BCUT2D eigenvalue weighted by Gasteiger charge is 2.31. The molecule has 1 fully saturated rings. The maximum Gasteiger partial charge on any atom is 0.573 e. The van der Waals surface area contributed by atoms with Crippen molar-refractivity contribution in [2.45, 2.75) is 31.7 Å². The van der Waals surface area contributed by atoms with Gasteiger partial charge in [-0.1, -0.05) is 12.1 Å². The number of nitrogens with one attached hydrogen (secondary N) is 3. The zero-order valence-electron chi connectivity index (χ0n) is 20.0. The van der Waals surface area contributed by atoms with Crippen molar-refractivity contribution in [2.75, 3.05) is 29.6 Å². The van der Waals surface area contributed by atoms with Gasteiger partial charge in [0.15, 0.2) is 0 Å². The summed E-state index contributed by atoms with van der Waals surface area (Å²) in [6, 6.07) is 10.0. The number of nitrogens with zero attached hydrogens (tertiary/aromatic N) is 2. The Morgan fingerprint density at radius 3 is 2.47 bits per heavy atom. The monoisotopic (exact) mass is 549 g/mol. The van der Waals surface area contributed by atoms with E-state index < -0.39 is 6.36 Å². The number of halogens is 3. The van der Waals surface area contributed by atoms with Crippen LogP contribution in [0.5, 0.6) is 5.75 Å². The summed E-state index contributed by atoms with van der Waals surface area (Å²) >= 11 is 1.40. The Morgan fingerprint density at radius 1 is 1.13 bits per heavy atom. The van der Waals surface area contributed by atoms with Gasteiger partial charge >= 0.3 is 12.4 Å². The van der Waals surface area contributed by atoms with Gasteiger partial charge in [0.05, 0.1) is 16.4 Å². The van der Waals surface area contributed by atoms with Crippen molar-refractivity contribution in [2.24, 2.45) is 5.84 Å². The summed E-state index contributed by atoms with van der Waals surface area (Å²) in [6.45, 7) is 1.20. The predicted octanol–water partition coefficient (Wildman–Crippen LogP) is 4.25. The molecule has 3 aromatic rings. The number of aromatic nitrogens is 1. The highest BCUT2D eigenvalue weighted by molar-refractivity contribution is 7.10. The number of nitrogens with two attached hydrogens (primary N) is 2. The molecule has 2 aromatic carbocycles. The molecule has 10 nitrogen and oxygen atoms in total. The maximum absolute atomic E-state index is 12.6. The molecule has 14 heteroatoms. The lowest BCUT2D eigenvalue weighted by molar-refractivity contribution is -0.274. The van der Waals surface area contributed by atoms with Crippen LogP contribution in [-0.2, 0) is 6.54 Å². The molecule has 3 amide bonds. The molecule has 1 saturated heterocycles. The molecule has 1 aliphatic rings. The third-order valence-electron chi connectivity index (χ3n) is 5.95. The summed E-state index contributed by atoms with van der Waals surface area (Å²) in [5.41, 5.74) is 10.8. The second-order valence-electron chi connectivity index (χ2n) is 8.58. The van der Waals surface area contributed by atoms with Crippen LogP contribution in [0.25, 0.3) is 0 Å². The van der Waals surface area contributed by atoms with E-state index in [9.17, 15) is 22.8 Å². The second kappa shape index (κ2) is 11.6. The lowest BCUT2D eigenvalue weighted by Crippen LogP contribution is -2.43. The lowest BCUT2D eigenvalue weighted by atomic mass is 9.98. The number of anilines is 3. The third-order valence-corrected chi connectivity index (χ3v) is 6.96. The van der Waals surface area contributed by atoms with Gasteiger partial charge in [-0.15, -0.1) is 24.5 Å². The standard InChI is InChI=1S/C24H26F3N7O3S/c25-24(26,27)37-17-4-1-14(2-5-17)12-30-23(36)34-9-7-15(8-10-34)22-32-20(13-38-22)21(35)31-16-3-6-19(33-29)18(28)11-16/h1-6,11,13,15,33H,7-10,12,28-29H2,(H,30,36)(H,31,35). The Morgan fingerprint density at radius 2 is 1.84 bits per heavy atom. The lowest BCUT2D eigenvalue weighted by Gasteiger charge is -2.31. The smallest absolute Gasteiger partial charge is 0.406 e. The van der Waals surface area contributed by atoms with E-state index in [0.29, 0.717) is 54.3 Å². The van der Waals surface area contributed by atoms with Crippen LogP contribution in [0.15, 0.2) is 47.8 Å².